The van der Waals surface area contributed by atoms with Crippen LogP contribution in [0.3, 0.4) is 0 Å². The maximum atomic E-state index is 12.9. The quantitative estimate of drug-likeness (QED) is 0.116. The van der Waals surface area contributed by atoms with Crippen molar-refractivity contribution in [3.63, 3.8) is 0 Å². The molecule has 1 heterocycles. The summed E-state index contributed by atoms with van der Waals surface area (Å²) in [5, 5.41) is 16.7. The highest BCUT2D eigenvalue weighted by Gasteiger charge is 2.30. The third-order valence-corrected chi connectivity index (χ3v) is 8.91. The van der Waals surface area contributed by atoms with Gasteiger partial charge in [-0.3, -0.25) is 9.36 Å². The smallest absolute Gasteiger partial charge is 0.306 e. The molecule has 5 aromatic carbocycles. The average molecular weight is 559 g/mol. The summed E-state index contributed by atoms with van der Waals surface area (Å²) in [5.41, 5.74) is 3.00. The third kappa shape index (κ3) is 4.83. The minimum atomic E-state index is -0.894. The highest BCUT2D eigenvalue weighted by Crippen LogP contribution is 2.36. The van der Waals surface area contributed by atoms with E-state index in [0.717, 1.165) is 48.9 Å². The molecule has 0 amide bonds. The number of carbonyl (C=O) groups excluding carboxylic acids is 1. The summed E-state index contributed by atoms with van der Waals surface area (Å²) in [6.07, 6.45) is 0.441. The van der Waals surface area contributed by atoms with Crippen LogP contribution in [0.25, 0.3) is 43.4 Å². The van der Waals surface area contributed by atoms with E-state index in [2.05, 4.69) is 48.5 Å². The van der Waals surface area contributed by atoms with Gasteiger partial charge in [0.2, 0.25) is 0 Å². The molecule has 6 aromatic rings. The van der Waals surface area contributed by atoms with Crippen molar-refractivity contribution in [1.29, 1.82) is 5.26 Å². The summed E-state index contributed by atoms with van der Waals surface area (Å²) >= 11 is 7.21. The Morgan fingerprint density at radius 2 is 1.35 bits per heavy atom. The predicted molar refractivity (Wildman–Crippen MR) is 170 cm³/mol. The van der Waals surface area contributed by atoms with Crippen LogP contribution < -0.4 is 0 Å². The van der Waals surface area contributed by atoms with Gasteiger partial charge in [0.05, 0.1) is 17.1 Å². The molecular formula is C34H26N2O2S2. The van der Waals surface area contributed by atoms with Gasteiger partial charge in [0, 0.05) is 22.8 Å². The van der Waals surface area contributed by atoms with Gasteiger partial charge in [0.15, 0.2) is 0 Å². The molecule has 0 spiro atoms. The third-order valence-electron chi connectivity index (χ3n) is 7.38. The first-order chi connectivity index (χ1) is 19.5. The minimum absolute atomic E-state index is 0.121. The second kappa shape index (κ2) is 10.8. The van der Waals surface area contributed by atoms with Crippen LogP contribution in [-0.2, 0) is 16.1 Å². The molecule has 0 aliphatic heterocycles. The maximum Gasteiger partial charge on any atom is 0.306 e. The summed E-state index contributed by atoms with van der Waals surface area (Å²) < 4.78 is 7.50. The fraction of sp³-hybridized carbons (Fsp3) is 0.147. The standard InChI is InChI=1S/C34H26N2O2S2/c1-34(22-35,40-33(39)36-30-16-8-6-14-27(30)28-15-7-9-17-31(28)36)19-18-32(37)38-21-29-25-12-4-2-10-23(25)20-24-11-3-5-13-26(24)29/h2-17,20H,18-19,21H2,1H3. The second-order valence-corrected chi connectivity index (χ2v) is 12.2. The number of rotatable bonds is 6. The monoisotopic (exact) mass is 558 g/mol. The second-order valence-electron chi connectivity index (χ2n) is 10.0. The lowest BCUT2D eigenvalue weighted by atomic mass is 9.97. The van der Waals surface area contributed by atoms with Crippen LogP contribution in [0, 0.1) is 11.3 Å². The number of nitrogens with zero attached hydrogens (tertiary/aromatic N) is 2. The number of nitriles is 1. The Balaban J connectivity index is 1.18. The van der Waals surface area contributed by atoms with Gasteiger partial charge in [0.1, 0.15) is 15.7 Å². The number of hydrogen-bond donors (Lipinski definition) is 0. The van der Waals surface area contributed by atoms with Crippen LogP contribution in [-0.4, -0.2) is 19.6 Å². The van der Waals surface area contributed by atoms with E-state index >= 15 is 0 Å². The van der Waals surface area contributed by atoms with Crippen molar-refractivity contribution in [3.05, 3.63) is 109 Å². The van der Waals surface area contributed by atoms with E-state index in [1.54, 1.807) is 0 Å². The van der Waals surface area contributed by atoms with Crippen LogP contribution in [0.15, 0.2) is 103 Å². The molecule has 6 rings (SSSR count). The van der Waals surface area contributed by atoms with Crippen molar-refractivity contribution in [2.75, 3.05) is 0 Å². The molecule has 4 nitrogen and oxygen atoms in total. The molecule has 6 heteroatoms. The number of aromatic nitrogens is 1. The van der Waals surface area contributed by atoms with E-state index in [1.807, 2.05) is 72.2 Å². The van der Waals surface area contributed by atoms with Crippen molar-refractivity contribution in [3.8, 4) is 6.07 Å². The molecule has 0 saturated carbocycles. The Bertz CT molecular complexity index is 1860. The molecule has 1 atom stereocenters. The van der Waals surface area contributed by atoms with E-state index in [4.69, 9.17) is 17.0 Å². The number of para-hydroxylation sites is 2. The lowest BCUT2D eigenvalue weighted by Crippen LogP contribution is -2.23. The first kappa shape index (κ1) is 26.1. The fourth-order valence-electron chi connectivity index (χ4n) is 5.32. The van der Waals surface area contributed by atoms with E-state index in [1.165, 1.54) is 11.8 Å². The molecular weight excluding hydrogens is 533 g/mol. The highest BCUT2D eigenvalue weighted by molar-refractivity contribution is 8.24. The number of ether oxygens (including phenoxy) is 1. The summed E-state index contributed by atoms with van der Waals surface area (Å²) in [7, 11) is 0. The van der Waals surface area contributed by atoms with Crippen LogP contribution >= 0.6 is 24.0 Å². The van der Waals surface area contributed by atoms with Gasteiger partial charge in [-0.1, -0.05) is 109 Å². The van der Waals surface area contributed by atoms with Crippen molar-refractivity contribution in [2.45, 2.75) is 31.1 Å². The SMILES string of the molecule is CC(C#N)(CCC(=O)OCc1c2ccccc2cc2ccccc12)SC(=S)n1c2ccccc2c2ccccc21. The fourth-order valence-corrected chi connectivity index (χ4v) is 6.99. The first-order valence-corrected chi connectivity index (χ1v) is 14.4. The number of thioether (sulfide) groups is 1. The molecule has 0 fully saturated rings. The lowest BCUT2D eigenvalue weighted by Gasteiger charge is -2.22. The van der Waals surface area contributed by atoms with Gasteiger partial charge in [-0.05, 0) is 53.1 Å². The molecule has 40 heavy (non-hydrogen) atoms. The van der Waals surface area contributed by atoms with Gasteiger partial charge in [0.25, 0.3) is 0 Å². The van der Waals surface area contributed by atoms with Gasteiger partial charge >= 0.3 is 5.97 Å². The number of carbonyl (C=O) groups is 1. The first-order valence-electron chi connectivity index (χ1n) is 13.2. The lowest BCUT2D eigenvalue weighted by molar-refractivity contribution is -0.145. The zero-order valence-corrected chi connectivity index (χ0v) is 23.6. The Morgan fingerprint density at radius 1 is 0.850 bits per heavy atom. The van der Waals surface area contributed by atoms with Gasteiger partial charge in [-0.2, -0.15) is 5.26 Å². The molecule has 0 aliphatic carbocycles. The van der Waals surface area contributed by atoms with E-state index in [-0.39, 0.29) is 19.0 Å². The molecule has 196 valence electrons. The number of esters is 1. The van der Waals surface area contributed by atoms with Gasteiger partial charge in [-0.15, -0.1) is 0 Å². The maximum absolute atomic E-state index is 12.9. The predicted octanol–water partition coefficient (Wildman–Crippen LogP) is 8.77. The Labute approximate surface area is 242 Å². The highest BCUT2D eigenvalue weighted by atomic mass is 32.2. The summed E-state index contributed by atoms with van der Waals surface area (Å²) in [6, 6.07) is 37.1. The number of benzene rings is 5. The molecule has 0 N–H and O–H groups in total. The Morgan fingerprint density at radius 3 is 1.90 bits per heavy atom. The molecule has 0 bridgehead atoms. The number of hydrogen-bond acceptors (Lipinski definition) is 5. The summed E-state index contributed by atoms with van der Waals surface area (Å²) in [5.74, 6) is -0.332. The molecule has 0 saturated heterocycles. The Hall–Kier alpha value is -4.18. The summed E-state index contributed by atoms with van der Waals surface area (Å²) in [4.78, 5) is 12.9. The topological polar surface area (TPSA) is 55.0 Å². The average Bonchev–Trinajstić information content (AvgIpc) is 3.33. The van der Waals surface area contributed by atoms with E-state index < -0.39 is 4.75 Å². The molecule has 0 radical (unpaired) electrons. The summed E-state index contributed by atoms with van der Waals surface area (Å²) in [6.45, 7) is 2.01. The molecule has 1 aromatic heterocycles. The number of fused-ring (bicyclic) bond motifs is 5. The van der Waals surface area contributed by atoms with Gasteiger partial charge < -0.3 is 4.74 Å². The molecule has 0 aliphatic rings. The van der Waals surface area contributed by atoms with Crippen LogP contribution in [0.5, 0.6) is 0 Å². The zero-order valence-electron chi connectivity index (χ0n) is 22.0. The zero-order chi connectivity index (χ0) is 27.7. The van der Waals surface area contributed by atoms with Crippen molar-refractivity contribution in [2.24, 2.45) is 0 Å². The van der Waals surface area contributed by atoms with E-state index in [9.17, 15) is 10.1 Å². The van der Waals surface area contributed by atoms with Crippen molar-refractivity contribution < 1.29 is 9.53 Å². The Kier molecular flexibility index (Phi) is 7.02. The minimum Gasteiger partial charge on any atom is -0.461 e. The van der Waals surface area contributed by atoms with Crippen LogP contribution in [0.1, 0.15) is 25.3 Å². The number of thiocarbonyl (C=S) groups is 1. The van der Waals surface area contributed by atoms with Crippen LogP contribution in [0.4, 0.5) is 0 Å². The van der Waals surface area contributed by atoms with E-state index in [0.29, 0.717) is 10.7 Å². The molecule has 1 unspecified atom stereocenters. The van der Waals surface area contributed by atoms with Gasteiger partial charge in [-0.25, -0.2) is 0 Å². The van der Waals surface area contributed by atoms with Crippen LogP contribution in [0.2, 0.25) is 0 Å². The normalized spacial score (nSPS) is 12.9. The largest absolute Gasteiger partial charge is 0.461 e. The van der Waals surface area contributed by atoms with Crippen molar-refractivity contribution >= 4 is 77.6 Å². The van der Waals surface area contributed by atoms with Crippen molar-refractivity contribution in [1.82, 2.24) is 4.57 Å².